The highest BCUT2D eigenvalue weighted by molar-refractivity contribution is 7.46. The Morgan fingerprint density at radius 2 is 1.33 bits per heavy atom. The van der Waals surface area contributed by atoms with Crippen molar-refractivity contribution in [1.82, 2.24) is 0 Å². The second-order valence-corrected chi connectivity index (χ2v) is 3.54. The van der Waals surface area contributed by atoms with E-state index in [0.717, 1.165) is 0 Å². The lowest BCUT2D eigenvalue weighted by molar-refractivity contribution is -0.471. The molecule has 0 saturated heterocycles. The van der Waals surface area contributed by atoms with Crippen LogP contribution in [-0.2, 0) is 23.3 Å². The van der Waals surface area contributed by atoms with Crippen LogP contribution in [0.25, 0.3) is 0 Å². The van der Waals surface area contributed by atoms with Gasteiger partial charge in [-0.05, 0) is 20.8 Å². The number of hydrogen-bond acceptors (Lipinski definition) is 5. The molecule has 0 rings (SSSR count). The summed E-state index contributed by atoms with van der Waals surface area (Å²) in [5, 5.41) is 0. The summed E-state index contributed by atoms with van der Waals surface area (Å²) in [4.78, 5) is 17.4. The molecule has 0 atom stereocenters. The van der Waals surface area contributed by atoms with Gasteiger partial charge in [-0.2, -0.15) is 0 Å². The van der Waals surface area contributed by atoms with Crippen molar-refractivity contribution in [2.45, 2.75) is 26.9 Å². The van der Waals surface area contributed by atoms with Crippen LogP contribution in [0.2, 0.25) is 0 Å². The van der Waals surface area contributed by atoms with Crippen LogP contribution in [0.1, 0.15) is 20.8 Å². The zero-order valence-corrected chi connectivity index (χ0v) is 9.90. The van der Waals surface area contributed by atoms with E-state index < -0.39 is 14.0 Å². The summed E-state index contributed by atoms with van der Waals surface area (Å²) in [6.07, 6.45) is -2.13. The summed E-state index contributed by atoms with van der Waals surface area (Å²) in [6, 6.07) is 0. The minimum Gasteiger partial charge on any atom is -0.303 e. The Labute approximate surface area is 88.5 Å². The van der Waals surface area contributed by atoms with E-state index in [2.05, 4.69) is 4.52 Å². The molecule has 92 valence electrons. The first-order valence-electron chi connectivity index (χ1n) is 4.57. The van der Waals surface area contributed by atoms with Crippen LogP contribution in [-0.4, -0.2) is 35.8 Å². The summed E-state index contributed by atoms with van der Waals surface area (Å²) in [5.41, 5.74) is 0. The van der Waals surface area contributed by atoms with Crippen LogP contribution >= 0.6 is 7.82 Å². The van der Waals surface area contributed by atoms with Gasteiger partial charge in [-0.1, -0.05) is 0 Å². The Bertz CT molecular complexity index is 196. The van der Waals surface area contributed by atoms with E-state index in [9.17, 15) is 4.57 Å². The predicted octanol–water partition coefficient (Wildman–Crippen LogP) is 0.816. The third-order valence-electron chi connectivity index (χ3n) is 1.19. The quantitative estimate of drug-likeness (QED) is 0.482. The lowest BCUT2D eigenvalue weighted by atomic mass is 10.8. The molecule has 0 unspecified atom stereocenters. The number of phosphoric ester groups is 1. The number of rotatable bonds is 8. The van der Waals surface area contributed by atoms with Crippen molar-refractivity contribution in [3.8, 4) is 0 Å². The molecule has 0 aliphatic heterocycles. The van der Waals surface area contributed by atoms with Crippen LogP contribution in [0.5, 0.6) is 0 Å². The second-order valence-electron chi connectivity index (χ2n) is 2.38. The van der Waals surface area contributed by atoms with Crippen molar-refractivity contribution >= 4 is 7.82 Å². The third-order valence-corrected chi connectivity index (χ3v) is 1.66. The summed E-state index contributed by atoms with van der Waals surface area (Å²) >= 11 is 0. The van der Waals surface area contributed by atoms with Gasteiger partial charge in [0.25, 0.3) is 0 Å². The van der Waals surface area contributed by atoms with E-state index in [-0.39, 0.29) is 19.8 Å². The van der Waals surface area contributed by atoms with Gasteiger partial charge in [0.15, 0.2) is 0 Å². The first kappa shape index (κ1) is 15.0. The molecule has 0 heterocycles. The second kappa shape index (κ2) is 6.55. The van der Waals surface area contributed by atoms with Gasteiger partial charge in [0.05, 0.1) is 19.8 Å². The van der Waals surface area contributed by atoms with Crippen LogP contribution in [0.15, 0.2) is 0 Å². The van der Waals surface area contributed by atoms with Crippen LogP contribution in [0.4, 0.5) is 0 Å². The molecule has 0 amide bonds. The van der Waals surface area contributed by atoms with Crippen molar-refractivity contribution in [1.29, 1.82) is 0 Å². The zero-order valence-electron chi connectivity index (χ0n) is 9.00. The molecular weight excluding hydrogens is 227 g/mol. The SMILES string of the molecule is CCOC(OCC)(OCC)OP(=O)(O)O. The molecular formula is C7H17O7P. The zero-order chi connectivity index (χ0) is 11.9. The van der Waals surface area contributed by atoms with Crippen LogP contribution < -0.4 is 0 Å². The predicted molar refractivity (Wildman–Crippen MR) is 50.7 cm³/mol. The largest absolute Gasteiger partial charge is 0.475 e. The fourth-order valence-corrected chi connectivity index (χ4v) is 1.33. The highest BCUT2D eigenvalue weighted by atomic mass is 31.2. The fourth-order valence-electron chi connectivity index (χ4n) is 0.880. The molecule has 0 fully saturated rings. The molecule has 0 bridgehead atoms. The summed E-state index contributed by atoms with van der Waals surface area (Å²) in [6.45, 7) is 5.24. The molecule has 0 aliphatic carbocycles. The van der Waals surface area contributed by atoms with Crippen molar-refractivity contribution in [3.63, 3.8) is 0 Å². The maximum absolute atomic E-state index is 10.7. The summed E-state index contributed by atoms with van der Waals surface area (Å²) in [7, 11) is -4.75. The maximum atomic E-state index is 10.7. The Morgan fingerprint density at radius 3 is 1.53 bits per heavy atom. The molecule has 2 N–H and O–H groups in total. The minimum atomic E-state index is -4.75. The molecule has 15 heavy (non-hydrogen) atoms. The van der Waals surface area contributed by atoms with Gasteiger partial charge in [-0.3, -0.25) is 0 Å². The lowest BCUT2D eigenvalue weighted by Crippen LogP contribution is -2.41. The molecule has 0 aromatic rings. The van der Waals surface area contributed by atoms with Gasteiger partial charge in [-0.15, -0.1) is 0 Å². The van der Waals surface area contributed by atoms with E-state index in [0.29, 0.717) is 0 Å². The van der Waals surface area contributed by atoms with E-state index in [1.807, 2.05) is 0 Å². The Balaban J connectivity index is 4.67. The molecule has 0 radical (unpaired) electrons. The van der Waals surface area contributed by atoms with Gasteiger partial charge in [0, 0.05) is 0 Å². The van der Waals surface area contributed by atoms with E-state index in [1.165, 1.54) is 0 Å². The molecule has 8 heteroatoms. The molecule has 0 aromatic carbocycles. The molecule has 0 spiro atoms. The molecule has 0 aliphatic rings. The number of ether oxygens (including phenoxy) is 3. The van der Waals surface area contributed by atoms with Gasteiger partial charge >= 0.3 is 14.0 Å². The molecule has 0 aromatic heterocycles. The molecule has 0 saturated carbocycles. The van der Waals surface area contributed by atoms with Crippen molar-refractivity contribution in [2.24, 2.45) is 0 Å². The van der Waals surface area contributed by atoms with Crippen LogP contribution in [0.3, 0.4) is 0 Å². The minimum absolute atomic E-state index is 0.125. The van der Waals surface area contributed by atoms with Crippen molar-refractivity contribution in [2.75, 3.05) is 19.8 Å². The Kier molecular flexibility index (Phi) is 6.54. The van der Waals surface area contributed by atoms with Gasteiger partial charge in [-0.25, -0.2) is 9.09 Å². The summed E-state index contributed by atoms with van der Waals surface area (Å²) < 4.78 is 29.8. The van der Waals surface area contributed by atoms with E-state index >= 15 is 0 Å². The maximum Gasteiger partial charge on any atom is 0.475 e. The highest BCUT2D eigenvalue weighted by Gasteiger charge is 2.41. The van der Waals surface area contributed by atoms with Crippen molar-refractivity contribution in [3.05, 3.63) is 0 Å². The first-order valence-corrected chi connectivity index (χ1v) is 6.10. The number of phosphoric acid groups is 1. The average molecular weight is 244 g/mol. The number of hydrogen-bond donors (Lipinski definition) is 2. The Hall–Kier alpha value is -0.0100. The van der Waals surface area contributed by atoms with Gasteiger partial charge in [0.2, 0.25) is 0 Å². The van der Waals surface area contributed by atoms with Gasteiger partial charge < -0.3 is 24.0 Å². The normalized spacial score (nSPS) is 13.1. The molecule has 7 nitrogen and oxygen atoms in total. The average Bonchev–Trinajstić information content (AvgIpc) is 2.01. The van der Waals surface area contributed by atoms with E-state index in [1.54, 1.807) is 20.8 Å². The monoisotopic (exact) mass is 244 g/mol. The smallest absolute Gasteiger partial charge is 0.303 e. The first-order chi connectivity index (χ1) is 6.89. The fraction of sp³-hybridized carbons (Fsp3) is 1.00. The lowest BCUT2D eigenvalue weighted by Gasteiger charge is -2.30. The summed E-state index contributed by atoms with van der Waals surface area (Å²) in [5.74, 6) is 0. The highest BCUT2D eigenvalue weighted by Crippen LogP contribution is 2.42. The standard InChI is InChI=1S/C7H17O7P/c1-4-11-7(12-5-2,13-6-3)14-15(8,9)10/h4-6H2,1-3H3,(H2,8,9,10). The third kappa shape index (κ3) is 6.21. The van der Waals surface area contributed by atoms with E-state index in [4.69, 9.17) is 24.0 Å². The van der Waals surface area contributed by atoms with Crippen LogP contribution in [0, 0.1) is 0 Å². The topological polar surface area (TPSA) is 94.5 Å². The van der Waals surface area contributed by atoms with Crippen molar-refractivity contribution < 1.29 is 33.1 Å². The van der Waals surface area contributed by atoms with Gasteiger partial charge in [0.1, 0.15) is 0 Å². The Morgan fingerprint density at radius 1 is 1.00 bits per heavy atom.